The predicted molar refractivity (Wildman–Crippen MR) is 104 cm³/mol. The van der Waals surface area contributed by atoms with E-state index in [-0.39, 0.29) is 29.8 Å². The molecule has 26 heavy (non-hydrogen) atoms. The van der Waals surface area contributed by atoms with E-state index in [4.69, 9.17) is 15.9 Å². The summed E-state index contributed by atoms with van der Waals surface area (Å²) in [7, 11) is 1.74. The quantitative estimate of drug-likeness (QED) is 0.440. The highest BCUT2D eigenvalue weighted by Crippen LogP contribution is 2.24. The van der Waals surface area contributed by atoms with E-state index in [1.807, 2.05) is 0 Å². The van der Waals surface area contributed by atoms with Crippen molar-refractivity contribution in [3.05, 3.63) is 17.7 Å². The molecule has 1 fully saturated rings. The van der Waals surface area contributed by atoms with Crippen molar-refractivity contribution in [2.24, 2.45) is 11.7 Å². The van der Waals surface area contributed by atoms with E-state index in [1.54, 1.807) is 19.2 Å². The van der Waals surface area contributed by atoms with Gasteiger partial charge in [0.05, 0.1) is 11.7 Å². The van der Waals surface area contributed by atoms with E-state index in [9.17, 15) is 4.79 Å². The summed E-state index contributed by atoms with van der Waals surface area (Å²) in [4.78, 5) is 16.9. The van der Waals surface area contributed by atoms with Crippen LogP contribution in [0.1, 0.15) is 57.9 Å². The minimum absolute atomic E-state index is 0.0517. The lowest BCUT2D eigenvalue weighted by Crippen LogP contribution is -2.39. The summed E-state index contributed by atoms with van der Waals surface area (Å²) in [5.74, 6) is 0.910. The molecule has 1 aromatic rings. The van der Waals surface area contributed by atoms with Crippen molar-refractivity contribution in [1.82, 2.24) is 10.3 Å². The van der Waals surface area contributed by atoms with Crippen LogP contribution in [0, 0.1) is 11.3 Å². The van der Waals surface area contributed by atoms with E-state index in [0.29, 0.717) is 17.3 Å². The fraction of sp³-hybridized carbons (Fsp3) is 0.632. The van der Waals surface area contributed by atoms with Gasteiger partial charge in [-0.3, -0.25) is 10.2 Å². The van der Waals surface area contributed by atoms with Crippen LogP contribution in [0.25, 0.3) is 0 Å². The average molecular weight is 361 g/mol. The third-order valence-corrected chi connectivity index (χ3v) is 4.96. The molecule has 144 valence electrons. The molecule has 5 N–H and O–H groups in total. The molecule has 0 saturated heterocycles. The molecule has 1 heterocycles. The first-order chi connectivity index (χ1) is 12.5. The zero-order valence-corrected chi connectivity index (χ0v) is 16.0. The Morgan fingerprint density at radius 3 is 2.54 bits per heavy atom. The first-order valence-electron chi connectivity index (χ1n) is 9.49. The normalized spacial score (nSPS) is 19.9. The van der Waals surface area contributed by atoms with Gasteiger partial charge in [-0.15, -0.1) is 0 Å². The van der Waals surface area contributed by atoms with Crippen LogP contribution in [-0.2, 0) is 4.79 Å². The molecule has 0 aliphatic heterocycles. The van der Waals surface area contributed by atoms with E-state index >= 15 is 0 Å². The van der Waals surface area contributed by atoms with Gasteiger partial charge in [-0.1, -0.05) is 13.8 Å². The molecule has 1 amide bonds. The Hall–Kier alpha value is -2.15. The SMILES string of the molecule is CCC(CC)Oc1ccc(C(=N)NC(=O)C2CCC(N)CC2)c(NC)n1. The molecule has 0 radical (unpaired) electrons. The summed E-state index contributed by atoms with van der Waals surface area (Å²) < 4.78 is 5.86. The van der Waals surface area contributed by atoms with Gasteiger partial charge in [-0.2, -0.15) is 4.98 Å². The van der Waals surface area contributed by atoms with E-state index in [2.05, 4.69) is 29.5 Å². The summed E-state index contributed by atoms with van der Waals surface area (Å²) in [6.07, 6.45) is 5.21. The Balaban J connectivity index is 2.04. The third-order valence-electron chi connectivity index (χ3n) is 4.96. The van der Waals surface area contributed by atoms with Crippen LogP contribution in [-0.4, -0.2) is 35.9 Å². The second kappa shape index (κ2) is 9.52. The number of nitrogens with two attached hydrogens (primary N) is 1. The molecule has 2 rings (SSSR count). The fourth-order valence-corrected chi connectivity index (χ4v) is 3.20. The molecule has 1 aliphatic carbocycles. The van der Waals surface area contributed by atoms with Gasteiger partial charge in [-0.05, 0) is 44.6 Å². The number of amides is 1. The zero-order chi connectivity index (χ0) is 19.1. The maximum Gasteiger partial charge on any atom is 0.228 e. The summed E-state index contributed by atoms with van der Waals surface area (Å²) in [5, 5.41) is 14.0. The predicted octanol–water partition coefficient (Wildman–Crippen LogP) is 2.65. The Kier molecular flexibility index (Phi) is 7.38. The third kappa shape index (κ3) is 5.17. The van der Waals surface area contributed by atoms with Crippen molar-refractivity contribution in [3.63, 3.8) is 0 Å². The number of anilines is 1. The minimum atomic E-state index is -0.110. The Labute approximate surface area is 155 Å². The molecule has 0 aromatic carbocycles. The molecule has 0 unspecified atom stereocenters. The standard InChI is InChI=1S/C19H31N5O2/c1-4-14(5-2)26-16-11-10-15(18(22-3)23-16)17(21)24-19(25)12-6-8-13(20)9-7-12/h10-14H,4-9,20H2,1-3H3,(H,22,23)(H2,21,24,25). The summed E-state index contributed by atoms with van der Waals surface area (Å²) in [5.41, 5.74) is 6.44. The first kappa shape index (κ1) is 20.2. The number of carbonyl (C=O) groups excluding carboxylic acids is 1. The number of amidine groups is 1. The van der Waals surface area contributed by atoms with Gasteiger partial charge in [0, 0.05) is 25.1 Å². The molecule has 7 heteroatoms. The molecular weight excluding hydrogens is 330 g/mol. The van der Waals surface area contributed by atoms with E-state index in [0.717, 1.165) is 38.5 Å². The van der Waals surface area contributed by atoms with Gasteiger partial charge in [0.15, 0.2) is 0 Å². The number of ether oxygens (including phenoxy) is 1. The topological polar surface area (TPSA) is 113 Å². The van der Waals surface area contributed by atoms with Gasteiger partial charge in [-0.25, -0.2) is 0 Å². The van der Waals surface area contributed by atoms with Crippen LogP contribution in [0.15, 0.2) is 12.1 Å². The number of nitrogens with zero attached hydrogens (tertiary/aromatic N) is 1. The monoisotopic (exact) mass is 361 g/mol. The lowest BCUT2D eigenvalue weighted by atomic mass is 9.86. The maximum absolute atomic E-state index is 12.4. The van der Waals surface area contributed by atoms with Crippen LogP contribution in [0.3, 0.4) is 0 Å². The van der Waals surface area contributed by atoms with Gasteiger partial charge >= 0.3 is 0 Å². The Morgan fingerprint density at radius 1 is 1.31 bits per heavy atom. The lowest BCUT2D eigenvalue weighted by molar-refractivity contribution is -0.124. The number of hydrogen-bond donors (Lipinski definition) is 4. The van der Waals surface area contributed by atoms with Crippen molar-refractivity contribution >= 4 is 17.6 Å². The zero-order valence-electron chi connectivity index (χ0n) is 16.0. The van der Waals surface area contributed by atoms with Gasteiger partial charge in [0.1, 0.15) is 11.7 Å². The summed E-state index contributed by atoms with van der Waals surface area (Å²) in [6.45, 7) is 4.15. The van der Waals surface area contributed by atoms with Crippen molar-refractivity contribution in [3.8, 4) is 5.88 Å². The second-order valence-corrected chi connectivity index (χ2v) is 6.83. The largest absolute Gasteiger partial charge is 0.474 e. The van der Waals surface area contributed by atoms with Crippen LogP contribution < -0.4 is 21.1 Å². The smallest absolute Gasteiger partial charge is 0.228 e. The fourth-order valence-electron chi connectivity index (χ4n) is 3.20. The number of carbonyl (C=O) groups is 1. The van der Waals surface area contributed by atoms with Crippen LogP contribution in [0.2, 0.25) is 0 Å². The highest BCUT2D eigenvalue weighted by Gasteiger charge is 2.25. The molecule has 0 bridgehead atoms. The first-order valence-corrected chi connectivity index (χ1v) is 9.49. The molecule has 1 saturated carbocycles. The molecule has 7 nitrogen and oxygen atoms in total. The Bertz CT molecular complexity index is 622. The van der Waals surface area contributed by atoms with Crippen molar-refractivity contribution in [2.75, 3.05) is 12.4 Å². The molecular formula is C19H31N5O2. The van der Waals surface area contributed by atoms with Crippen LogP contribution >= 0.6 is 0 Å². The van der Waals surface area contributed by atoms with E-state index < -0.39 is 0 Å². The van der Waals surface area contributed by atoms with Crippen LogP contribution in [0.5, 0.6) is 5.88 Å². The Morgan fingerprint density at radius 2 is 1.96 bits per heavy atom. The number of pyridine rings is 1. The molecule has 1 aromatic heterocycles. The minimum Gasteiger partial charge on any atom is -0.474 e. The van der Waals surface area contributed by atoms with Crippen molar-refractivity contribution in [2.45, 2.75) is 64.5 Å². The van der Waals surface area contributed by atoms with E-state index in [1.165, 1.54) is 0 Å². The molecule has 1 aliphatic rings. The van der Waals surface area contributed by atoms with Crippen molar-refractivity contribution in [1.29, 1.82) is 5.41 Å². The summed E-state index contributed by atoms with van der Waals surface area (Å²) >= 11 is 0. The van der Waals surface area contributed by atoms with Gasteiger partial charge < -0.3 is 21.1 Å². The number of nitrogens with one attached hydrogen (secondary N) is 3. The highest BCUT2D eigenvalue weighted by molar-refractivity contribution is 6.09. The van der Waals surface area contributed by atoms with Gasteiger partial charge in [0.2, 0.25) is 11.8 Å². The van der Waals surface area contributed by atoms with Gasteiger partial charge in [0.25, 0.3) is 0 Å². The highest BCUT2D eigenvalue weighted by atomic mass is 16.5. The second-order valence-electron chi connectivity index (χ2n) is 6.83. The average Bonchev–Trinajstić information content (AvgIpc) is 2.66. The summed E-state index contributed by atoms with van der Waals surface area (Å²) in [6, 6.07) is 3.70. The molecule has 0 spiro atoms. The lowest BCUT2D eigenvalue weighted by Gasteiger charge is -2.25. The van der Waals surface area contributed by atoms with Crippen molar-refractivity contribution < 1.29 is 9.53 Å². The van der Waals surface area contributed by atoms with Crippen LogP contribution in [0.4, 0.5) is 5.82 Å². The number of aromatic nitrogens is 1. The molecule has 0 atom stereocenters. The number of rotatable bonds is 7. The maximum atomic E-state index is 12.4. The number of hydrogen-bond acceptors (Lipinski definition) is 6.